The molecule has 128 valence electrons. The van der Waals surface area contributed by atoms with E-state index < -0.39 is 13.0 Å². The maximum atomic E-state index is 12.4. The van der Waals surface area contributed by atoms with Gasteiger partial charge in [-0.2, -0.15) is 0 Å². The second-order valence-corrected chi connectivity index (χ2v) is 6.06. The first-order valence-electron chi connectivity index (χ1n) is 7.62. The fraction of sp³-hybridized carbons (Fsp3) is 0.562. The van der Waals surface area contributed by atoms with E-state index in [0.29, 0.717) is 5.69 Å². The number of rotatable bonds is 5. The highest BCUT2D eigenvalue weighted by atomic mass is 35.5. The zero-order chi connectivity index (χ0) is 15.6. The summed E-state index contributed by atoms with van der Waals surface area (Å²) < 4.78 is 29.6. The number of hydrogen-bond acceptors (Lipinski definition) is 3. The molecule has 1 heterocycles. The molecule has 1 aliphatic carbocycles. The third kappa shape index (κ3) is 4.12. The summed E-state index contributed by atoms with van der Waals surface area (Å²) in [6.45, 7) is 1.24. The quantitative estimate of drug-likeness (QED) is 0.861. The van der Waals surface area contributed by atoms with Gasteiger partial charge in [-0.05, 0) is 49.9 Å². The summed E-state index contributed by atoms with van der Waals surface area (Å²) >= 11 is 0. The van der Waals surface area contributed by atoms with Gasteiger partial charge < -0.3 is 15.4 Å². The molecule has 23 heavy (non-hydrogen) atoms. The molecule has 3 rings (SSSR count). The number of carbonyl (C=O) groups excluding carboxylic acids is 1. The van der Waals surface area contributed by atoms with Gasteiger partial charge in [-0.1, -0.05) is 12.1 Å². The average molecular weight is 347 g/mol. The van der Waals surface area contributed by atoms with Gasteiger partial charge in [0, 0.05) is 5.92 Å². The Morgan fingerprint density at radius 3 is 2.74 bits per heavy atom. The van der Waals surface area contributed by atoms with Crippen LogP contribution in [-0.2, 0) is 4.79 Å². The molecule has 0 bridgehead atoms. The molecule has 2 aliphatic rings. The van der Waals surface area contributed by atoms with E-state index in [-0.39, 0.29) is 35.4 Å². The molecule has 4 nitrogen and oxygen atoms in total. The maximum absolute atomic E-state index is 12.4. The van der Waals surface area contributed by atoms with Crippen LogP contribution in [0.1, 0.15) is 19.3 Å². The fourth-order valence-electron chi connectivity index (χ4n) is 3.26. The molecule has 7 heteroatoms. The topological polar surface area (TPSA) is 50.4 Å². The summed E-state index contributed by atoms with van der Waals surface area (Å²) in [5.74, 6) is 0.281. The molecule has 1 saturated carbocycles. The van der Waals surface area contributed by atoms with Gasteiger partial charge in [0.15, 0.2) is 0 Å². The Hall–Kier alpha value is -1.40. The predicted molar refractivity (Wildman–Crippen MR) is 86.5 cm³/mol. The number of halogens is 3. The minimum absolute atomic E-state index is 0. The van der Waals surface area contributed by atoms with Gasteiger partial charge in [0.1, 0.15) is 12.4 Å². The van der Waals surface area contributed by atoms with Crippen LogP contribution in [0.5, 0.6) is 5.75 Å². The predicted octanol–water partition coefficient (Wildman–Crippen LogP) is 3.08. The van der Waals surface area contributed by atoms with Crippen LogP contribution < -0.4 is 15.4 Å². The number of piperidine rings is 1. The molecule has 1 unspecified atom stereocenters. The van der Waals surface area contributed by atoms with Crippen molar-refractivity contribution < 1.29 is 18.3 Å². The number of para-hydroxylation sites is 2. The van der Waals surface area contributed by atoms with Crippen molar-refractivity contribution in [3.05, 3.63) is 24.3 Å². The second kappa shape index (κ2) is 7.45. The molecule has 1 aromatic carbocycles. The lowest BCUT2D eigenvalue weighted by molar-refractivity contribution is -0.118. The van der Waals surface area contributed by atoms with E-state index in [2.05, 4.69) is 10.6 Å². The van der Waals surface area contributed by atoms with Gasteiger partial charge in [0.05, 0.1) is 5.69 Å². The van der Waals surface area contributed by atoms with Gasteiger partial charge in [-0.15, -0.1) is 12.4 Å². The summed E-state index contributed by atoms with van der Waals surface area (Å²) in [4.78, 5) is 12.4. The van der Waals surface area contributed by atoms with Gasteiger partial charge in [-0.25, -0.2) is 8.78 Å². The normalized spacial score (nSPS) is 21.6. The smallest absolute Gasteiger partial charge is 0.272 e. The molecule has 2 fully saturated rings. The zero-order valence-electron chi connectivity index (χ0n) is 12.7. The van der Waals surface area contributed by atoms with Crippen molar-refractivity contribution in [1.82, 2.24) is 5.32 Å². The van der Waals surface area contributed by atoms with E-state index in [1.54, 1.807) is 24.3 Å². The molecule has 1 spiro atoms. The Morgan fingerprint density at radius 1 is 1.35 bits per heavy atom. The molecule has 1 atom stereocenters. The Bertz CT molecular complexity index is 551. The van der Waals surface area contributed by atoms with Crippen molar-refractivity contribution in [3.8, 4) is 5.75 Å². The molecule has 1 saturated heterocycles. The molecular formula is C16H21ClF2N2O2. The Morgan fingerprint density at radius 2 is 2.04 bits per heavy atom. The van der Waals surface area contributed by atoms with Crippen LogP contribution in [0.15, 0.2) is 24.3 Å². The molecule has 2 N–H and O–H groups in total. The van der Waals surface area contributed by atoms with Crippen LogP contribution >= 0.6 is 12.4 Å². The second-order valence-electron chi connectivity index (χ2n) is 6.06. The van der Waals surface area contributed by atoms with Crippen LogP contribution in [0.4, 0.5) is 14.5 Å². The van der Waals surface area contributed by atoms with Gasteiger partial charge >= 0.3 is 0 Å². The zero-order valence-corrected chi connectivity index (χ0v) is 13.5. The van der Waals surface area contributed by atoms with Crippen molar-refractivity contribution in [2.75, 3.05) is 25.0 Å². The van der Waals surface area contributed by atoms with Crippen LogP contribution in [0.2, 0.25) is 0 Å². The Labute approximate surface area is 140 Å². The largest absolute Gasteiger partial charge is 0.485 e. The van der Waals surface area contributed by atoms with Crippen molar-refractivity contribution in [3.63, 3.8) is 0 Å². The standard InChI is InChI=1S/C16H20F2N2O2.ClH/c17-14(18)10-22-13-4-2-1-3-12(13)20-15(21)11-9-16(11)5-7-19-8-6-16;/h1-4,11,14,19H,5-10H2,(H,20,21);1H. The van der Waals surface area contributed by atoms with Crippen LogP contribution in [-0.4, -0.2) is 32.0 Å². The van der Waals surface area contributed by atoms with Crippen LogP contribution in [0.25, 0.3) is 0 Å². The number of anilines is 1. The summed E-state index contributed by atoms with van der Waals surface area (Å²) in [6, 6.07) is 6.71. The number of carbonyl (C=O) groups is 1. The first-order chi connectivity index (χ1) is 10.6. The maximum Gasteiger partial charge on any atom is 0.272 e. The van der Waals surface area contributed by atoms with Crippen LogP contribution in [0, 0.1) is 11.3 Å². The molecule has 0 radical (unpaired) electrons. The van der Waals surface area contributed by atoms with E-state index in [9.17, 15) is 13.6 Å². The summed E-state index contributed by atoms with van der Waals surface area (Å²) in [5.41, 5.74) is 0.609. The fourth-order valence-corrected chi connectivity index (χ4v) is 3.26. The highest BCUT2D eigenvalue weighted by Crippen LogP contribution is 2.58. The number of amides is 1. The van der Waals surface area contributed by atoms with Crippen molar-refractivity contribution in [2.24, 2.45) is 11.3 Å². The lowest BCUT2D eigenvalue weighted by Crippen LogP contribution is -2.31. The first-order valence-corrected chi connectivity index (χ1v) is 7.62. The number of ether oxygens (including phenoxy) is 1. The lowest BCUT2D eigenvalue weighted by atomic mass is 9.92. The van der Waals surface area contributed by atoms with Gasteiger partial charge in [-0.3, -0.25) is 4.79 Å². The van der Waals surface area contributed by atoms with Crippen molar-refractivity contribution >= 4 is 24.0 Å². The van der Waals surface area contributed by atoms with E-state index >= 15 is 0 Å². The number of alkyl halides is 2. The first kappa shape index (κ1) is 17.9. The minimum atomic E-state index is -2.54. The summed E-state index contributed by atoms with van der Waals surface area (Å²) in [7, 11) is 0. The molecule has 1 aromatic rings. The van der Waals surface area contributed by atoms with Gasteiger partial charge in [0.2, 0.25) is 5.91 Å². The SMILES string of the molecule is Cl.O=C(Nc1ccccc1OCC(F)F)C1CC12CCNCC2. The highest BCUT2D eigenvalue weighted by molar-refractivity contribution is 5.96. The molecule has 0 aromatic heterocycles. The number of hydrogen-bond donors (Lipinski definition) is 2. The Balaban J connectivity index is 0.00000192. The molecular weight excluding hydrogens is 326 g/mol. The van der Waals surface area contributed by atoms with E-state index in [4.69, 9.17) is 4.74 Å². The highest BCUT2D eigenvalue weighted by Gasteiger charge is 2.57. The lowest BCUT2D eigenvalue weighted by Gasteiger charge is -2.23. The average Bonchev–Trinajstić information content (AvgIpc) is 3.20. The molecule has 1 amide bonds. The summed E-state index contributed by atoms with van der Waals surface area (Å²) in [5, 5.41) is 6.14. The van der Waals surface area contributed by atoms with E-state index in [0.717, 1.165) is 32.4 Å². The number of benzene rings is 1. The Kier molecular flexibility index (Phi) is 5.81. The van der Waals surface area contributed by atoms with Gasteiger partial charge in [0.25, 0.3) is 6.43 Å². The van der Waals surface area contributed by atoms with Crippen LogP contribution in [0.3, 0.4) is 0 Å². The number of nitrogens with one attached hydrogen (secondary N) is 2. The van der Waals surface area contributed by atoms with E-state index in [1.165, 1.54) is 0 Å². The third-order valence-electron chi connectivity index (χ3n) is 4.62. The van der Waals surface area contributed by atoms with Crippen molar-refractivity contribution in [2.45, 2.75) is 25.7 Å². The van der Waals surface area contributed by atoms with E-state index in [1.807, 2.05) is 0 Å². The minimum Gasteiger partial charge on any atom is -0.485 e. The monoisotopic (exact) mass is 346 g/mol. The summed E-state index contributed by atoms with van der Waals surface area (Å²) in [6.07, 6.45) is 0.425. The third-order valence-corrected chi connectivity index (χ3v) is 4.62. The molecule has 1 aliphatic heterocycles. The van der Waals surface area contributed by atoms with Crippen molar-refractivity contribution in [1.29, 1.82) is 0 Å².